The molecule has 0 atom stereocenters. The first-order valence-electron chi connectivity index (χ1n) is 6.23. The van der Waals surface area contributed by atoms with Crippen molar-refractivity contribution in [1.82, 2.24) is 0 Å². The lowest BCUT2D eigenvalue weighted by atomic mass is 10.2. The Hall–Kier alpha value is -2.04. The molecule has 0 spiro atoms. The second kappa shape index (κ2) is 8.13. The van der Waals surface area contributed by atoms with Crippen LogP contribution in [0.5, 0.6) is 5.75 Å². The summed E-state index contributed by atoms with van der Waals surface area (Å²) < 4.78 is 15.1. The number of esters is 2. The first kappa shape index (κ1) is 15.0. The number of ether oxygens (including phenoxy) is 3. The molecule has 5 heteroatoms. The molecule has 1 rings (SSSR count). The molecule has 0 saturated carbocycles. The molecular formula is C14H18O5. The molecule has 5 nitrogen and oxygen atoms in total. The van der Waals surface area contributed by atoms with E-state index in [0.717, 1.165) is 0 Å². The quantitative estimate of drug-likeness (QED) is 0.708. The van der Waals surface area contributed by atoms with Crippen LogP contribution >= 0.6 is 0 Å². The molecule has 1 aromatic rings. The molecule has 0 radical (unpaired) electrons. The molecule has 104 valence electrons. The van der Waals surface area contributed by atoms with Gasteiger partial charge in [0.1, 0.15) is 5.75 Å². The minimum absolute atomic E-state index is 0.178. The number of hydrogen-bond acceptors (Lipinski definition) is 5. The topological polar surface area (TPSA) is 61.8 Å². The van der Waals surface area contributed by atoms with E-state index in [-0.39, 0.29) is 19.0 Å². The van der Waals surface area contributed by atoms with Crippen molar-refractivity contribution < 1.29 is 23.8 Å². The third-order valence-electron chi connectivity index (χ3n) is 2.23. The molecule has 0 aliphatic carbocycles. The molecule has 0 saturated heterocycles. The molecule has 0 unspecified atom stereocenters. The zero-order valence-corrected chi connectivity index (χ0v) is 11.2. The zero-order valence-electron chi connectivity index (χ0n) is 11.2. The van der Waals surface area contributed by atoms with Crippen molar-refractivity contribution in [2.24, 2.45) is 0 Å². The number of benzene rings is 1. The van der Waals surface area contributed by atoms with Crippen LogP contribution in [0.2, 0.25) is 0 Å². The lowest BCUT2D eigenvalue weighted by Gasteiger charge is -2.07. The first-order chi connectivity index (χ1) is 9.17. The smallest absolute Gasteiger partial charge is 0.338 e. The Morgan fingerprint density at radius 1 is 1.11 bits per heavy atom. The minimum Gasteiger partial charge on any atom is -0.493 e. The van der Waals surface area contributed by atoms with Gasteiger partial charge in [0.15, 0.2) is 0 Å². The lowest BCUT2D eigenvalue weighted by Crippen LogP contribution is -2.10. The van der Waals surface area contributed by atoms with Crippen LogP contribution in [0.1, 0.15) is 30.6 Å². The summed E-state index contributed by atoms with van der Waals surface area (Å²) in [6, 6.07) is 6.65. The monoisotopic (exact) mass is 266 g/mol. The minimum atomic E-state index is -0.390. The van der Waals surface area contributed by atoms with Gasteiger partial charge in [0, 0.05) is 0 Å². The lowest BCUT2D eigenvalue weighted by molar-refractivity contribution is -0.143. The number of hydrogen-bond donors (Lipinski definition) is 0. The average Bonchev–Trinajstić information content (AvgIpc) is 2.40. The van der Waals surface area contributed by atoms with Gasteiger partial charge in [-0.15, -0.1) is 0 Å². The molecular weight excluding hydrogens is 248 g/mol. The molecule has 0 aliphatic heterocycles. The summed E-state index contributed by atoms with van der Waals surface area (Å²) in [5.74, 6) is -0.169. The molecule has 0 N–H and O–H groups in total. The maximum atomic E-state index is 11.5. The van der Waals surface area contributed by atoms with Crippen LogP contribution < -0.4 is 4.74 Å². The maximum absolute atomic E-state index is 11.5. The van der Waals surface area contributed by atoms with Gasteiger partial charge in [0.2, 0.25) is 0 Å². The largest absolute Gasteiger partial charge is 0.493 e. The third kappa shape index (κ3) is 5.42. The molecule has 0 amide bonds. The highest BCUT2D eigenvalue weighted by Gasteiger charge is 2.08. The fraction of sp³-hybridized carbons (Fsp3) is 0.429. The fourth-order valence-corrected chi connectivity index (χ4v) is 1.41. The van der Waals surface area contributed by atoms with Crippen molar-refractivity contribution in [2.75, 3.05) is 19.8 Å². The highest BCUT2D eigenvalue weighted by Crippen LogP contribution is 2.14. The van der Waals surface area contributed by atoms with Crippen LogP contribution in [-0.4, -0.2) is 31.8 Å². The van der Waals surface area contributed by atoms with Crippen molar-refractivity contribution >= 4 is 11.9 Å². The number of rotatable bonds is 7. The Labute approximate surface area is 112 Å². The van der Waals surface area contributed by atoms with Gasteiger partial charge >= 0.3 is 11.9 Å². The van der Waals surface area contributed by atoms with E-state index in [1.165, 1.54) is 0 Å². The predicted molar refractivity (Wildman–Crippen MR) is 69.1 cm³/mol. The fourth-order valence-electron chi connectivity index (χ4n) is 1.41. The number of carbonyl (C=O) groups excluding carboxylic acids is 2. The van der Waals surface area contributed by atoms with E-state index in [4.69, 9.17) is 14.2 Å². The van der Waals surface area contributed by atoms with Crippen molar-refractivity contribution in [2.45, 2.75) is 20.3 Å². The zero-order chi connectivity index (χ0) is 14.1. The summed E-state index contributed by atoms with van der Waals surface area (Å²) in [6.07, 6.45) is 0.178. The summed E-state index contributed by atoms with van der Waals surface area (Å²) in [5.41, 5.74) is 0.426. The summed E-state index contributed by atoms with van der Waals surface area (Å²) in [6.45, 7) is 4.40. The van der Waals surface area contributed by atoms with Crippen molar-refractivity contribution in [3.63, 3.8) is 0 Å². The van der Waals surface area contributed by atoms with E-state index in [2.05, 4.69) is 0 Å². The Balaban J connectivity index is 2.48. The molecule has 1 aromatic carbocycles. The molecule has 0 heterocycles. The maximum Gasteiger partial charge on any atom is 0.338 e. The summed E-state index contributed by atoms with van der Waals surface area (Å²) in [4.78, 5) is 22.6. The average molecular weight is 266 g/mol. The van der Waals surface area contributed by atoms with E-state index in [1.807, 2.05) is 0 Å². The highest BCUT2D eigenvalue weighted by atomic mass is 16.5. The Morgan fingerprint density at radius 2 is 1.84 bits per heavy atom. The van der Waals surface area contributed by atoms with E-state index in [9.17, 15) is 9.59 Å². The van der Waals surface area contributed by atoms with Crippen LogP contribution in [0, 0.1) is 0 Å². The van der Waals surface area contributed by atoms with E-state index in [1.54, 1.807) is 38.1 Å². The summed E-state index contributed by atoms with van der Waals surface area (Å²) in [5, 5.41) is 0. The van der Waals surface area contributed by atoms with E-state index < -0.39 is 5.97 Å². The SMILES string of the molecule is CCOC(=O)CCOc1cccc(C(=O)OCC)c1. The van der Waals surface area contributed by atoms with Crippen LogP contribution in [0.4, 0.5) is 0 Å². The van der Waals surface area contributed by atoms with Crippen molar-refractivity contribution in [1.29, 1.82) is 0 Å². The van der Waals surface area contributed by atoms with Crippen LogP contribution in [0.3, 0.4) is 0 Å². The summed E-state index contributed by atoms with van der Waals surface area (Å²) >= 11 is 0. The Morgan fingerprint density at radius 3 is 2.53 bits per heavy atom. The van der Waals surface area contributed by atoms with E-state index in [0.29, 0.717) is 24.5 Å². The van der Waals surface area contributed by atoms with Gasteiger partial charge in [-0.3, -0.25) is 4.79 Å². The molecule has 19 heavy (non-hydrogen) atoms. The Bertz CT molecular complexity index is 428. The molecule has 0 aliphatic rings. The first-order valence-corrected chi connectivity index (χ1v) is 6.23. The normalized spacial score (nSPS) is 9.79. The second-order valence-corrected chi connectivity index (χ2v) is 3.65. The van der Waals surface area contributed by atoms with E-state index >= 15 is 0 Å². The summed E-state index contributed by atoms with van der Waals surface area (Å²) in [7, 11) is 0. The Kier molecular flexibility index (Phi) is 6.43. The molecule has 0 fully saturated rings. The highest BCUT2D eigenvalue weighted by molar-refractivity contribution is 5.89. The van der Waals surface area contributed by atoms with Crippen LogP contribution in [0.25, 0.3) is 0 Å². The van der Waals surface area contributed by atoms with Gasteiger partial charge < -0.3 is 14.2 Å². The number of carbonyl (C=O) groups is 2. The third-order valence-corrected chi connectivity index (χ3v) is 2.23. The standard InChI is InChI=1S/C14H18O5/c1-3-17-13(15)8-9-19-12-7-5-6-11(10-12)14(16)18-4-2/h5-7,10H,3-4,8-9H2,1-2H3. The van der Waals surface area contributed by atoms with Gasteiger partial charge in [-0.05, 0) is 32.0 Å². The van der Waals surface area contributed by atoms with Gasteiger partial charge in [-0.1, -0.05) is 6.07 Å². The van der Waals surface area contributed by atoms with Gasteiger partial charge in [0.25, 0.3) is 0 Å². The second-order valence-electron chi connectivity index (χ2n) is 3.65. The predicted octanol–water partition coefficient (Wildman–Crippen LogP) is 2.20. The van der Waals surface area contributed by atoms with Gasteiger partial charge in [-0.25, -0.2) is 4.79 Å². The van der Waals surface area contributed by atoms with Crippen LogP contribution in [-0.2, 0) is 14.3 Å². The molecule has 0 bridgehead atoms. The van der Waals surface area contributed by atoms with Crippen molar-refractivity contribution in [3.05, 3.63) is 29.8 Å². The molecule has 0 aromatic heterocycles. The van der Waals surface area contributed by atoms with Gasteiger partial charge in [-0.2, -0.15) is 0 Å². The van der Waals surface area contributed by atoms with Gasteiger partial charge in [0.05, 0.1) is 31.8 Å². The van der Waals surface area contributed by atoms with Crippen LogP contribution in [0.15, 0.2) is 24.3 Å². The van der Waals surface area contributed by atoms with Crippen molar-refractivity contribution in [3.8, 4) is 5.75 Å².